The molecule has 1 aromatic rings. The Hall–Kier alpha value is -1.42. The Kier molecular flexibility index (Phi) is 4.99. The number of benzene rings is 1. The molecule has 1 aliphatic heterocycles. The Labute approximate surface area is 131 Å². The second kappa shape index (κ2) is 6.56. The van der Waals surface area contributed by atoms with E-state index in [2.05, 4.69) is 10.2 Å². The van der Waals surface area contributed by atoms with E-state index in [1.54, 1.807) is 0 Å². The fourth-order valence-corrected chi connectivity index (χ4v) is 2.53. The number of ether oxygens (including phenoxy) is 1. The molecule has 116 valence electrons. The number of halogens is 1. The minimum Gasteiger partial charge on any atom is -0.444 e. The molecule has 0 saturated carbocycles. The predicted octanol–water partition coefficient (Wildman–Crippen LogP) is 3.83. The maximum absolute atomic E-state index is 11.8. The highest BCUT2D eigenvalue weighted by Gasteiger charge is 2.23. The second-order valence-electron chi connectivity index (χ2n) is 6.38. The van der Waals surface area contributed by atoms with Crippen LogP contribution in [0.4, 0.5) is 10.5 Å². The average Bonchev–Trinajstić information content (AvgIpc) is 2.38. The van der Waals surface area contributed by atoms with E-state index < -0.39 is 5.60 Å². The van der Waals surface area contributed by atoms with Gasteiger partial charge in [-0.3, -0.25) is 0 Å². The number of alkyl carbamates (subject to hydrolysis) is 1. The third-order valence-electron chi connectivity index (χ3n) is 3.41. The lowest BCUT2D eigenvalue weighted by molar-refractivity contribution is 0.0497. The number of carbonyl (C=O) groups excluding carboxylic acids is 1. The minimum atomic E-state index is -0.450. The van der Waals surface area contributed by atoms with Crippen molar-refractivity contribution in [1.82, 2.24) is 5.32 Å². The smallest absolute Gasteiger partial charge is 0.407 e. The normalized spacial score (nSPS) is 16.7. The van der Waals surface area contributed by atoms with Crippen LogP contribution in [0.25, 0.3) is 0 Å². The van der Waals surface area contributed by atoms with Crippen LogP contribution < -0.4 is 10.2 Å². The topological polar surface area (TPSA) is 41.6 Å². The highest BCUT2D eigenvalue weighted by Crippen LogP contribution is 2.22. The van der Waals surface area contributed by atoms with Gasteiger partial charge in [-0.1, -0.05) is 11.6 Å². The van der Waals surface area contributed by atoms with Crippen LogP contribution in [-0.2, 0) is 4.74 Å². The second-order valence-corrected chi connectivity index (χ2v) is 6.82. The molecule has 0 bridgehead atoms. The summed E-state index contributed by atoms with van der Waals surface area (Å²) in [5.41, 5.74) is 0.726. The van der Waals surface area contributed by atoms with Crippen LogP contribution in [0.2, 0.25) is 5.02 Å². The van der Waals surface area contributed by atoms with Crippen LogP contribution in [0.15, 0.2) is 24.3 Å². The van der Waals surface area contributed by atoms with Crippen molar-refractivity contribution in [2.45, 2.75) is 45.3 Å². The van der Waals surface area contributed by atoms with Crippen molar-refractivity contribution in [3.05, 3.63) is 29.3 Å². The number of hydrogen-bond acceptors (Lipinski definition) is 3. The summed E-state index contributed by atoms with van der Waals surface area (Å²) >= 11 is 5.90. The molecule has 1 aromatic carbocycles. The van der Waals surface area contributed by atoms with Gasteiger partial charge in [-0.05, 0) is 57.9 Å². The number of piperidine rings is 1. The minimum absolute atomic E-state index is 0.184. The van der Waals surface area contributed by atoms with Crippen LogP contribution >= 0.6 is 11.6 Å². The van der Waals surface area contributed by atoms with Crippen molar-refractivity contribution in [1.29, 1.82) is 0 Å². The molecule has 0 aromatic heterocycles. The molecule has 1 fully saturated rings. The standard InChI is InChI=1S/C16H23ClN2O2/c1-16(2,3)21-15(20)18-13-8-10-19(11-9-13)14-6-4-12(17)5-7-14/h4-7,13H,8-11H2,1-3H3,(H,18,20). The number of rotatable bonds is 2. The van der Waals surface area contributed by atoms with Crippen LogP contribution in [0.1, 0.15) is 33.6 Å². The van der Waals surface area contributed by atoms with Crippen LogP contribution in [0.5, 0.6) is 0 Å². The Morgan fingerprint density at radius 3 is 2.33 bits per heavy atom. The summed E-state index contributed by atoms with van der Waals surface area (Å²) in [4.78, 5) is 14.1. The first-order chi connectivity index (χ1) is 9.83. The zero-order valence-electron chi connectivity index (χ0n) is 12.9. The Bertz CT molecular complexity index is 474. The largest absolute Gasteiger partial charge is 0.444 e. The summed E-state index contributed by atoms with van der Waals surface area (Å²) in [5.74, 6) is 0. The summed E-state index contributed by atoms with van der Waals surface area (Å²) in [6.45, 7) is 7.45. The van der Waals surface area contributed by atoms with Crippen LogP contribution in [0.3, 0.4) is 0 Å². The lowest BCUT2D eigenvalue weighted by atomic mass is 10.0. The van der Waals surface area contributed by atoms with Crippen molar-refractivity contribution in [2.24, 2.45) is 0 Å². The first-order valence-corrected chi connectivity index (χ1v) is 7.71. The fourth-order valence-electron chi connectivity index (χ4n) is 2.41. The van der Waals surface area contributed by atoms with E-state index in [9.17, 15) is 4.79 Å². The van der Waals surface area contributed by atoms with Crippen molar-refractivity contribution < 1.29 is 9.53 Å². The maximum atomic E-state index is 11.8. The van der Waals surface area contributed by atoms with E-state index in [0.29, 0.717) is 0 Å². The fraction of sp³-hybridized carbons (Fsp3) is 0.562. The van der Waals surface area contributed by atoms with E-state index in [1.807, 2.05) is 45.0 Å². The first-order valence-electron chi connectivity index (χ1n) is 7.33. The van der Waals surface area contributed by atoms with Gasteiger partial charge in [-0.25, -0.2) is 4.79 Å². The molecule has 1 aliphatic rings. The molecule has 1 heterocycles. The van der Waals surface area contributed by atoms with Gasteiger partial charge in [0.05, 0.1) is 0 Å². The summed E-state index contributed by atoms with van der Waals surface area (Å²) in [6, 6.07) is 8.06. The Morgan fingerprint density at radius 2 is 1.81 bits per heavy atom. The summed E-state index contributed by atoms with van der Waals surface area (Å²) < 4.78 is 5.29. The van der Waals surface area contributed by atoms with E-state index >= 15 is 0 Å². The number of nitrogens with zero attached hydrogens (tertiary/aromatic N) is 1. The summed E-state index contributed by atoms with van der Waals surface area (Å²) in [6.07, 6.45) is 1.51. The van der Waals surface area contributed by atoms with E-state index in [0.717, 1.165) is 31.0 Å². The summed E-state index contributed by atoms with van der Waals surface area (Å²) in [5, 5.41) is 3.70. The highest BCUT2D eigenvalue weighted by molar-refractivity contribution is 6.30. The zero-order chi connectivity index (χ0) is 15.5. The quantitative estimate of drug-likeness (QED) is 0.902. The molecule has 1 saturated heterocycles. The van der Waals surface area contributed by atoms with Crippen molar-refractivity contribution in [3.63, 3.8) is 0 Å². The van der Waals surface area contributed by atoms with Gasteiger partial charge in [0.15, 0.2) is 0 Å². The molecule has 4 nitrogen and oxygen atoms in total. The number of carbonyl (C=O) groups is 1. The molecular weight excluding hydrogens is 288 g/mol. The van der Waals surface area contributed by atoms with Gasteiger partial charge in [0.1, 0.15) is 5.60 Å². The average molecular weight is 311 g/mol. The third kappa shape index (κ3) is 5.12. The molecule has 0 spiro atoms. The molecule has 1 amide bonds. The summed E-state index contributed by atoms with van der Waals surface area (Å²) in [7, 11) is 0. The molecule has 5 heteroatoms. The van der Waals surface area contributed by atoms with Crippen LogP contribution in [0, 0.1) is 0 Å². The van der Waals surface area contributed by atoms with E-state index in [1.165, 1.54) is 5.69 Å². The predicted molar refractivity (Wildman–Crippen MR) is 86.1 cm³/mol. The van der Waals surface area contributed by atoms with Gasteiger partial charge in [0.2, 0.25) is 0 Å². The highest BCUT2D eigenvalue weighted by atomic mass is 35.5. The van der Waals surface area contributed by atoms with Crippen molar-refractivity contribution in [3.8, 4) is 0 Å². The number of amides is 1. The molecule has 21 heavy (non-hydrogen) atoms. The van der Waals surface area contributed by atoms with Gasteiger partial charge in [0.25, 0.3) is 0 Å². The maximum Gasteiger partial charge on any atom is 0.407 e. The van der Waals surface area contributed by atoms with E-state index in [4.69, 9.17) is 16.3 Å². The number of hydrogen-bond donors (Lipinski definition) is 1. The van der Waals surface area contributed by atoms with Gasteiger partial charge in [-0.2, -0.15) is 0 Å². The SMILES string of the molecule is CC(C)(C)OC(=O)NC1CCN(c2ccc(Cl)cc2)CC1. The molecule has 0 aliphatic carbocycles. The lowest BCUT2D eigenvalue weighted by Gasteiger charge is -2.34. The van der Waals surface area contributed by atoms with Gasteiger partial charge >= 0.3 is 6.09 Å². The monoisotopic (exact) mass is 310 g/mol. The third-order valence-corrected chi connectivity index (χ3v) is 3.66. The number of nitrogens with one attached hydrogen (secondary N) is 1. The molecule has 0 unspecified atom stereocenters. The van der Waals surface area contributed by atoms with Gasteiger partial charge in [0, 0.05) is 29.8 Å². The first kappa shape index (κ1) is 16.0. The van der Waals surface area contributed by atoms with Gasteiger partial charge in [-0.15, -0.1) is 0 Å². The van der Waals surface area contributed by atoms with Crippen molar-refractivity contribution >= 4 is 23.4 Å². The van der Waals surface area contributed by atoms with Crippen molar-refractivity contribution in [2.75, 3.05) is 18.0 Å². The number of anilines is 1. The van der Waals surface area contributed by atoms with Gasteiger partial charge < -0.3 is 15.0 Å². The molecular formula is C16H23ClN2O2. The zero-order valence-corrected chi connectivity index (χ0v) is 13.6. The molecule has 0 radical (unpaired) electrons. The lowest BCUT2D eigenvalue weighted by Crippen LogP contribution is -2.46. The molecule has 2 rings (SSSR count). The van der Waals surface area contributed by atoms with Crippen LogP contribution in [-0.4, -0.2) is 30.8 Å². The Morgan fingerprint density at radius 1 is 1.24 bits per heavy atom. The molecule has 0 atom stereocenters. The molecule has 1 N–H and O–H groups in total. The van der Waals surface area contributed by atoms with E-state index in [-0.39, 0.29) is 12.1 Å². The Balaban J connectivity index is 1.80.